The van der Waals surface area contributed by atoms with Gasteiger partial charge in [-0.05, 0) is 39.1 Å². The quantitative estimate of drug-likeness (QED) is 0.859. The van der Waals surface area contributed by atoms with Crippen LogP contribution >= 0.6 is 0 Å². The van der Waals surface area contributed by atoms with Gasteiger partial charge >= 0.3 is 5.69 Å². The van der Waals surface area contributed by atoms with Crippen molar-refractivity contribution in [2.45, 2.75) is 31.2 Å². The molecule has 1 aliphatic rings. The normalized spacial score (nSPS) is 17.9. The number of hydrogen-bond acceptors (Lipinski definition) is 5. The van der Waals surface area contributed by atoms with Crippen molar-refractivity contribution in [1.82, 2.24) is 24.7 Å². The van der Waals surface area contributed by atoms with Crippen LogP contribution in [0.2, 0.25) is 0 Å². The fourth-order valence-corrected chi connectivity index (χ4v) is 2.97. The molecule has 0 spiro atoms. The Kier molecular flexibility index (Phi) is 3.21. The summed E-state index contributed by atoms with van der Waals surface area (Å²) in [4.78, 5) is 13.8. The van der Waals surface area contributed by atoms with E-state index in [0.717, 1.165) is 6.54 Å². The Balaban J connectivity index is 1.79. The number of nitrogens with one attached hydrogen (secondary N) is 2. The number of aromatic nitrogens is 4. The van der Waals surface area contributed by atoms with Gasteiger partial charge < -0.3 is 10.2 Å². The molecule has 0 aliphatic heterocycles. The van der Waals surface area contributed by atoms with Gasteiger partial charge in [-0.1, -0.05) is 12.8 Å². The molecule has 0 atom stereocenters. The van der Waals surface area contributed by atoms with Gasteiger partial charge in [0.25, 0.3) is 0 Å². The average molecular weight is 276 g/mol. The first-order valence-corrected chi connectivity index (χ1v) is 6.97. The van der Waals surface area contributed by atoms with Crippen molar-refractivity contribution in [1.29, 1.82) is 0 Å². The number of nitrogens with zero attached hydrogens (tertiary/aromatic N) is 4. The zero-order chi connectivity index (χ0) is 14.2. The molecule has 0 amide bonds. The van der Waals surface area contributed by atoms with Crippen LogP contribution in [-0.2, 0) is 0 Å². The molecule has 0 aromatic carbocycles. The molecule has 2 heterocycles. The molecule has 1 aliphatic carbocycles. The van der Waals surface area contributed by atoms with Gasteiger partial charge in [0.05, 0.1) is 0 Å². The minimum Gasteiger partial charge on any atom is -0.367 e. The maximum absolute atomic E-state index is 11.5. The van der Waals surface area contributed by atoms with Crippen molar-refractivity contribution >= 4 is 11.5 Å². The largest absolute Gasteiger partial charge is 0.367 e. The first-order chi connectivity index (χ1) is 9.61. The van der Waals surface area contributed by atoms with Crippen LogP contribution in [0.25, 0.3) is 5.65 Å². The maximum Gasteiger partial charge on any atom is 0.364 e. The minimum atomic E-state index is -0.313. The van der Waals surface area contributed by atoms with Crippen molar-refractivity contribution < 1.29 is 0 Å². The van der Waals surface area contributed by atoms with Crippen molar-refractivity contribution in [3.8, 4) is 0 Å². The number of fused-ring (bicyclic) bond motifs is 1. The van der Waals surface area contributed by atoms with Gasteiger partial charge in [-0.15, -0.1) is 5.10 Å². The van der Waals surface area contributed by atoms with Crippen LogP contribution in [0.1, 0.15) is 25.7 Å². The van der Waals surface area contributed by atoms with Crippen LogP contribution in [0.5, 0.6) is 0 Å². The van der Waals surface area contributed by atoms with Crippen molar-refractivity contribution in [3.05, 3.63) is 22.6 Å². The number of aromatic amines is 1. The summed E-state index contributed by atoms with van der Waals surface area (Å²) in [7, 11) is 4.26. The van der Waals surface area contributed by atoms with Gasteiger partial charge in [-0.3, -0.25) is 0 Å². The SMILES string of the molecule is CN(C)C1(CNc2ccc3n[nH]c(=O)n3n2)CCCC1. The van der Waals surface area contributed by atoms with Crippen LogP contribution in [0.3, 0.4) is 0 Å². The van der Waals surface area contributed by atoms with Gasteiger partial charge in [0.15, 0.2) is 5.65 Å². The lowest BCUT2D eigenvalue weighted by atomic mass is 9.96. The molecule has 20 heavy (non-hydrogen) atoms. The summed E-state index contributed by atoms with van der Waals surface area (Å²) < 4.78 is 1.28. The fourth-order valence-electron chi connectivity index (χ4n) is 2.97. The summed E-state index contributed by atoms with van der Waals surface area (Å²) in [5, 5.41) is 13.9. The van der Waals surface area contributed by atoms with E-state index in [2.05, 4.69) is 39.6 Å². The first kappa shape index (κ1) is 13.1. The second-order valence-electron chi connectivity index (χ2n) is 5.70. The lowest BCUT2D eigenvalue weighted by molar-refractivity contribution is 0.172. The van der Waals surface area contributed by atoms with E-state index >= 15 is 0 Å². The number of hydrogen-bond donors (Lipinski definition) is 2. The average Bonchev–Trinajstić information content (AvgIpc) is 3.05. The Morgan fingerprint density at radius 3 is 2.85 bits per heavy atom. The Morgan fingerprint density at radius 1 is 1.40 bits per heavy atom. The number of rotatable bonds is 4. The van der Waals surface area contributed by atoms with Crippen LogP contribution in [-0.4, -0.2) is 50.9 Å². The topological polar surface area (TPSA) is 78.3 Å². The molecular weight excluding hydrogens is 256 g/mol. The van der Waals surface area contributed by atoms with E-state index in [9.17, 15) is 4.79 Å². The van der Waals surface area contributed by atoms with E-state index in [0.29, 0.717) is 11.5 Å². The molecule has 7 heteroatoms. The molecule has 0 bridgehead atoms. The Bertz CT molecular complexity index is 652. The van der Waals surface area contributed by atoms with E-state index in [-0.39, 0.29) is 11.2 Å². The number of anilines is 1. The zero-order valence-electron chi connectivity index (χ0n) is 11.9. The predicted molar refractivity (Wildman–Crippen MR) is 77.0 cm³/mol. The second-order valence-corrected chi connectivity index (χ2v) is 5.70. The standard InChI is InChI=1S/C13H20N6O/c1-18(2)13(7-3-4-8-13)9-14-10-5-6-11-15-16-12(20)19(11)17-10/h5-6H,3-4,7-9H2,1-2H3,(H,14,17)(H,16,20). The molecule has 108 valence electrons. The number of likely N-dealkylation sites (N-methyl/N-ethyl adjacent to an activating group) is 1. The lowest BCUT2D eigenvalue weighted by Gasteiger charge is -2.36. The summed E-state index contributed by atoms with van der Waals surface area (Å²) in [6.45, 7) is 0.838. The maximum atomic E-state index is 11.5. The van der Waals surface area contributed by atoms with E-state index in [1.807, 2.05) is 6.07 Å². The summed E-state index contributed by atoms with van der Waals surface area (Å²) in [5.41, 5.74) is 0.411. The van der Waals surface area contributed by atoms with Gasteiger partial charge in [-0.25, -0.2) is 9.89 Å². The third-order valence-corrected chi connectivity index (χ3v) is 4.35. The highest BCUT2D eigenvalue weighted by molar-refractivity contribution is 5.43. The molecule has 3 rings (SSSR count). The number of H-pyrrole nitrogens is 1. The Morgan fingerprint density at radius 2 is 2.15 bits per heavy atom. The summed E-state index contributed by atoms with van der Waals surface area (Å²) >= 11 is 0. The van der Waals surface area contributed by atoms with Crippen molar-refractivity contribution in [2.75, 3.05) is 26.0 Å². The van der Waals surface area contributed by atoms with Gasteiger partial charge in [0, 0.05) is 12.1 Å². The molecule has 0 unspecified atom stereocenters. The first-order valence-electron chi connectivity index (χ1n) is 6.97. The molecule has 7 nitrogen and oxygen atoms in total. The molecule has 0 radical (unpaired) electrons. The Hall–Kier alpha value is -1.89. The van der Waals surface area contributed by atoms with Crippen LogP contribution in [0.15, 0.2) is 16.9 Å². The third kappa shape index (κ3) is 2.18. The molecule has 1 fully saturated rings. The molecular formula is C13H20N6O. The van der Waals surface area contributed by atoms with E-state index in [1.165, 1.54) is 30.2 Å². The summed E-state index contributed by atoms with van der Waals surface area (Å²) in [6.07, 6.45) is 4.93. The monoisotopic (exact) mass is 276 g/mol. The predicted octanol–water partition coefficient (Wildman–Crippen LogP) is 0.704. The third-order valence-electron chi connectivity index (χ3n) is 4.35. The van der Waals surface area contributed by atoms with Crippen molar-refractivity contribution in [3.63, 3.8) is 0 Å². The van der Waals surface area contributed by atoms with Crippen LogP contribution in [0, 0.1) is 0 Å². The fraction of sp³-hybridized carbons (Fsp3) is 0.615. The smallest absolute Gasteiger partial charge is 0.364 e. The Labute approximate surface area is 117 Å². The van der Waals surface area contributed by atoms with E-state index < -0.39 is 0 Å². The minimum absolute atomic E-state index is 0.192. The van der Waals surface area contributed by atoms with Crippen molar-refractivity contribution in [2.24, 2.45) is 0 Å². The summed E-state index contributed by atoms with van der Waals surface area (Å²) in [5.74, 6) is 0.703. The van der Waals surface area contributed by atoms with Gasteiger partial charge in [0.1, 0.15) is 5.82 Å². The van der Waals surface area contributed by atoms with E-state index in [1.54, 1.807) is 6.07 Å². The summed E-state index contributed by atoms with van der Waals surface area (Å²) in [6, 6.07) is 3.64. The molecule has 1 saturated carbocycles. The van der Waals surface area contributed by atoms with Crippen LogP contribution < -0.4 is 11.0 Å². The molecule has 2 aromatic rings. The molecule has 2 aromatic heterocycles. The highest BCUT2D eigenvalue weighted by atomic mass is 16.2. The highest BCUT2D eigenvalue weighted by Crippen LogP contribution is 2.33. The molecule has 2 N–H and O–H groups in total. The zero-order valence-corrected chi connectivity index (χ0v) is 11.9. The lowest BCUT2D eigenvalue weighted by Crippen LogP contribution is -2.47. The highest BCUT2D eigenvalue weighted by Gasteiger charge is 2.35. The van der Waals surface area contributed by atoms with Gasteiger partial charge in [0.2, 0.25) is 0 Å². The van der Waals surface area contributed by atoms with Crippen LogP contribution in [0.4, 0.5) is 5.82 Å². The molecule has 0 saturated heterocycles. The second kappa shape index (κ2) is 4.90. The van der Waals surface area contributed by atoms with Gasteiger partial charge in [-0.2, -0.15) is 9.61 Å². The van der Waals surface area contributed by atoms with E-state index in [4.69, 9.17) is 0 Å².